The molecule has 2 bridgehead atoms. The Kier molecular flexibility index (Phi) is 25.6. The molecule has 2 fully saturated rings. The van der Waals surface area contributed by atoms with E-state index in [1.54, 1.807) is 81.5 Å². The van der Waals surface area contributed by atoms with Crippen LogP contribution in [0.15, 0.2) is 85.1 Å². The Balaban J connectivity index is 1.91. The van der Waals surface area contributed by atoms with Crippen molar-refractivity contribution in [1.29, 1.82) is 0 Å². The number of fused-ring (bicyclic) bond motifs is 2. The van der Waals surface area contributed by atoms with Crippen LogP contribution in [0.2, 0.25) is 0 Å². The molecule has 0 radical (unpaired) electrons. The summed E-state index contributed by atoms with van der Waals surface area (Å²) >= 11 is 0. The van der Waals surface area contributed by atoms with E-state index in [9.17, 15) is 65.8 Å². The van der Waals surface area contributed by atoms with Gasteiger partial charge in [0, 0.05) is 44.1 Å². The van der Waals surface area contributed by atoms with Crippen molar-refractivity contribution in [2.24, 2.45) is 23.5 Å². The number of cyclic esters (lactones) is 1. The molecule has 0 spiro atoms. The first kappa shape index (κ1) is 58.8. The van der Waals surface area contributed by atoms with Crippen LogP contribution >= 0.6 is 0 Å². The molecule has 19 atom stereocenters. The van der Waals surface area contributed by atoms with Gasteiger partial charge in [0.05, 0.1) is 92.1 Å². The fourth-order valence-electron chi connectivity index (χ4n) is 8.29. The molecule has 386 valence electrons. The van der Waals surface area contributed by atoms with Crippen molar-refractivity contribution in [3.8, 4) is 0 Å². The lowest BCUT2D eigenvalue weighted by Crippen LogP contribution is -2.62. The van der Waals surface area contributed by atoms with Gasteiger partial charge in [-0.15, -0.1) is 0 Å². The molecule has 0 aromatic rings. The minimum Gasteiger partial charge on any atom is -0.462 e. The highest BCUT2D eigenvalue weighted by atomic mass is 16.7. The number of rotatable bonds is 5. The van der Waals surface area contributed by atoms with Gasteiger partial charge in [0.2, 0.25) is 5.91 Å². The van der Waals surface area contributed by atoms with Gasteiger partial charge in [-0.1, -0.05) is 98.9 Å². The molecule has 3 rings (SSSR count). The zero-order valence-corrected chi connectivity index (χ0v) is 39.5. The number of aliphatic hydroxyl groups excluding tert-OH is 10. The largest absolute Gasteiger partial charge is 0.462 e. The maximum absolute atomic E-state index is 13.4. The predicted molar refractivity (Wildman–Crippen MR) is 249 cm³/mol. The quantitative estimate of drug-likeness (QED) is 0.158. The van der Waals surface area contributed by atoms with E-state index < -0.39 is 153 Å². The van der Waals surface area contributed by atoms with Crippen LogP contribution in [-0.2, 0) is 28.5 Å². The van der Waals surface area contributed by atoms with Crippen LogP contribution in [0.25, 0.3) is 0 Å². The molecule has 0 aliphatic carbocycles. The highest BCUT2D eigenvalue weighted by Crippen LogP contribution is 2.38. The number of carbonyl (C=O) groups is 2. The van der Waals surface area contributed by atoms with Gasteiger partial charge in [-0.05, 0) is 33.1 Å². The van der Waals surface area contributed by atoms with E-state index in [0.29, 0.717) is 0 Å². The Bertz CT molecular complexity index is 1720. The van der Waals surface area contributed by atoms with Crippen molar-refractivity contribution in [3.05, 3.63) is 85.1 Å². The van der Waals surface area contributed by atoms with Crippen LogP contribution in [0.4, 0.5) is 0 Å². The minimum atomic E-state index is -2.30. The molecule has 0 aromatic carbocycles. The van der Waals surface area contributed by atoms with Crippen LogP contribution in [0.5, 0.6) is 0 Å². The molecule has 3 heterocycles. The molecular formula is C49H78N2O17. The lowest BCUT2D eigenvalue weighted by molar-refractivity contribution is -0.307. The minimum absolute atomic E-state index is 0.104. The first-order valence-electron chi connectivity index (χ1n) is 23.5. The van der Waals surface area contributed by atoms with E-state index in [-0.39, 0.29) is 38.1 Å². The van der Waals surface area contributed by atoms with Crippen molar-refractivity contribution in [2.45, 2.75) is 177 Å². The average Bonchev–Trinajstić information content (AvgIpc) is 3.26. The maximum Gasteiger partial charge on any atom is 0.308 e. The second kappa shape index (κ2) is 29.6. The number of nitrogens with one attached hydrogen (secondary N) is 1. The number of ether oxygens (including phenoxy) is 4. The smallest absolute Gasteiger partial charge is 0.308 e. The Morgan fingerprint density at radius 1 is 0.706 bits per heavy atom. The van der Waals surface area contributed by atoms with Crippen LogP contribution in [-0.4, -0.2) is 179 Å². The molecule has 3 aliphatic rings. The molecule has 19 heteroatoms. The van der Waals surface area contributed by atoms with Crippen molar-refractivity contribution >= 4 is 11.9 Å². The van der Waals surface area contributed by atoms with E-state index in [2.05, 4.69) is 5.32 Å². The second-order valence-electron chi connectivity index (χ2n) is 18.2. The zero-order chi connectivity index (χ0) is 50.6. The average molecular weight is 967 g/mol. The zero-order valence-electron chi connectivity index (χ0n) is 39.5. The molecule has 0 saturated carbocycles. The summed E-state index contributed by atoms with van der Waals surface area (Å²) in [5.74, 6) is -5.83. The molecule has 0 aromatic heterocycles. The second-order valence-corrected chi connectivity index (χ2v) is 18.2. The predicted octanol–water partition coefficient (Wildman–Crippen LogP) is -0.264. The lowest BCUT2D eigenvalue weighted by Gasteiger charge is -2.46. The van der Waals surface area contributed by atoms with Gasteiger partial charge in [-0.2, -0.15) is 0 Å². The fourth-order valence-corrected chi connectivity index (χ4v) is 8.29. The maximum atomic E-state index is 13.4. The summed E-state index contributed by atoms with van der Waals surface area (Å²) in [5, 5.41) is 121. The number of aliphatic hydroxyl groups is 11. The number of esters is 1. The summed E-state index contributed by atoms with van der Waals surface area (Å²) in [7, 11) is 0. The summed E-state index contributed by atoms with van der Waals surface area (Å²) in [6.45, 7) is 6.19. The fraction of sp³-hybridized carbons (Fsp3) is 0.673. The lowest BCUT2D eigenvalue weighted by atomic mass is 9.82. The monoisotopic (exact) mass is 967 g/mol. The van der Waals surface area contributed by atoms with Crippen LogP contribution in [0, 0.1) is 17.8 Å². The highest BCUT2D eigenvalue weighted by Gasteiger charge is 2.51. The number of hydrogen-bond donors (Lipinski definition) is 13. The highest BCUT2D eigenvalue weighted by molar-refractivity contribution is 5.80. The summed E-state index contributed by atoms with van der Waals surface area (Å²) in [4.78, 5) is 26.1. The first-order chi connectivity index (χ1) is 32.2. The number of nitrogens with two attached hydrogens (primary N) is 1. The third kappa shape index (κ3) is 19.7. The molecule has 3 aliphatic heterocycles. The van der Waals surface area contributed by atoms with Gasteiger partial charge in [0.15, 0.2) is 12.1 Å². The Morgan fingerprint density at radius 2 is 1.29 bits per heavy atom. The Morgan fingerprint density at radius 3 is 1.90 bits per heavy atom. The van der Waals surface area contributed by atoms with Gasteiger partial charge in [-0.3, -0.25) is 9.59 Å². The van der Waals surface area contributed by atoms with E-state index in [1.807, 2.05) is 31.2 Å². The van der Waals surface area contributed by atoms with E-state index in [4.69, 9.17) is 24.7 Å². The number of allylic oxidation sites excluding steroid dienone is 12. The number of amides is 1. The molecule has 1 amide bonds. The standard InChI is InChI=1S/C49H78N2O17/c1-29-17-15-13-11-9-7-5-6-8-10-12-14-16-18-36(67-48-46(62)43(50)45(61)32(4)66-48)26-40-42(47(63)51-21-22-52)39(58)28-49(64,68-40)27-35(55)24-38(57)37(56)20-19-33(53)23-34(54)25-41(59)65-31(3)30(2)44(29)60/h5-18,29-40,42-46,48,52-58,60-62,64H,19-28,50H2,1-4H3,(H,51,63)/b6-5+,9-7+,10-8+,13-11+,14-12+,17-15+,18-16+/t29-,30-,31-,32+,33+,34+,35-,36-,37+,38+,39-,40-,42+,43-,44+,45+,46+,48-,49+/m0/s1. The van der Waals surface area contributed by atoms with E-state index in [1.165, 1.54) is 0 Å². The van der Waals surface area contributed by atoms with Crippen LogP contribution in [0.1, 0.15) is 79.1 Å². The van der Waals surface area contributed by atoms with E-state index >= 15 is 0 Å². The van der Waals surface area contributed by atoms with Crippen molar-refractivity contribution < 1.29 is 84.7 Å². The summed E-state index contributed by atoms with van der Waals surface area (Å²) in [6, 6.07) is -1.14. The van der Waals surface area contributed by atoms with Crippen molar-refractivity contribution in [1.82, 2.24) is 5.32 Å². The Hall–Kier alpha value is -3.48. The molecule has 0 unspecified atom stereocenters. The molecule has 68 heavy (non-hydrogen) atoms. The van der Waals surface area contributed by atoms with E-state index in [0.717, 1.165) is 0 Å². The van der Waals surface area contributed by atoms with Gasteiger partial charge < -0.3 is 86.2 Å². The van der Waals surface area contributed by atoms with Crippen LogP contribution < -0.4 is 11.1 Å². The van der Waals surface area contributed by atoms with Crippen LogP contribution in [0.3, 0.4) is 0 Å². The SMILES string of the molecule is C[C@@H]1[C@H](O)[C@@H](C)/C=C/C=C/C=C/C=C/C=C/C=C/C=C/[C@H](O[C@@H]2O[C@H](C)[C@@H](O)[C@H](N)[C@H]2O)C[C@@H]2O[C@](O)(C[C@@H](O)C[C@@H](O)[C@H](O)CC[C@@H](O)C[C@@H](O)CC(=O)O[C@H]1C)C[C@H](O)[C@H]2C(=O)NCCO. The topological polar surface area (TPSA) is 332 Å². The Labute approximate surface area is 399 Å². The number of carbonyl (C=O) groups excluding carboxylic acids is 2. The molecule has 14 N–H and O–H groups in total. The van der Waals surface area contributed by atoms with Gasteiger partial charge in [0.25, 0.3) is 0 Å². The van der Waals surface area contributed by atoms with Gasteiger partial charge >= 0.3 is 5.97 Å². The third-order valence-electron chi connectivity index (χ3n) is 12.5. The molecule has 2 saturated heterocycles. The van der Waals surface area contributed by atoms with Crippen molar-refractivity contribution in [3.63, 3.8) is 0 Å². The van der Waals surface area contributed by atoms with Gasteiger partial charge in [-0.25, -0.2) is 0 Å². The number of hydrogen-bond acceptors (Lipinski definition) is 18. The van der Waals surface area contributed by atoms with Gasteiger partial charge in [0.1, 0.15) is 12.2 Å². The molecule has 19 nitrogen and oxygen atoms in total. The molecular weight excluding hydrogens is 889 g/mol. The van der Waals surface area contributed by atoms with Crippen molar-refractivity contribution in [2.75, 3.05) is 13.2 Å². The summed E-state index contributed by atoms with van der Waals surface area (Å²) in [5.41, 5.74) is 6.07. The third-order valence-corrected chi connectivity index (χ3v) is 12.5. The normalized spacial score (nSPS) is 44.0. The summed E-state index contributed by atoms with van der Waals surface area (Å²) < 4.78 is 23.5. The summed E-state index contributed by atoms with van der Waals surface area (Å²) in [6.07, 6.45) is 4.15. The first-order valence-corrected chi connectivity index (χ1v) is 23.5.